The molecule has 2 N–H and O–H groups in total. The number of anilines is 1. The summed E-state index contributed by atoms with van der Waals surface area (Å²) in [6.07, 6.45) is -1.25. The lowest BCUT2D eigenvalue weighted by atomic mass is 10.1. The summed E-state index contributed by atoms with van der Waals surface area (Å²) in [6, 6.07) is 2.47. The summed E-state index contributed by atoms with van der Waals surface area (Å²) in [7, 11) is 0. The number of pyridine rings is 1. The molecule has 3 heterocycles. The van der Waals surface area contributed by atoms with Crippen LogP contribution in [-0.2, 0) is 17.5 Å². The number of H-pyrrole nitrogens is 1. The number of aryl methyl sites for hydroxylation is 1. The minimum absolute atomic E-state index is 0.0506. The van der Waals surface area contributed by atoms with Gasteiger partial charge in [-0.3, -0.25) is 14.3 Å². The van der Waals surface area contributed by atoms with E-state index >= 15 is 0 Å². The van der Waals surface area contributed by atoms with E-state index < -0.39 is 28.9 Å². The Labute approximate surface area is 152 Å². The van der Waals surface area contributed by atoms with E-state index in [1.807, 2.05) is 0 Å². The summed E-state index contributed by atoms with van der Waals surface area (Å²) in [5.41, 5.74) is -2.34. The van der Waals surface area contributed by atoms with E-state index in [9.17, 15) is 22.8 Å². The molecule has 1 atom stereocenters. The molecule has 3 rings (SSSR count). The third-order valence-corrected chi connectivity index (χ3v) is 4.31. The first-order chi connectivity index (χ1) is 12.8. The molecule has 10 heteroatoms. The van der Waals surface area contributed by atoms with Crippen LogP contribution in [0.2, 0.25) is 0 Å². The first kappa shape index (κ1) is 19.2. The van der Waals surface area contributed by atoms with Gasteiger partial charge in [-0.2, -0.15) is 18.3 Å². The van der Waals surface area contributed by atoms with Crippen molar-refractivity contribution in [2.75, 3.05) is 11.9 Å². The quantitative estimate of drug-likeness (QED) is 0.848. The number of aromatic amines is 1. The average molecular weight is 384 g/mol. The topological polar surface area (TPSA) is 89.0 Å². The maximum absolute atomic E-state index is 13.5. The molecule has 1 saturated heterocycles. The molecule has 7 nitrogen and oxygen atoms in total. The van der Waals surface area contributed by atoms with Crippen molar-refractivity contribution in [3.8, 4) is 0 Å². The lowest BCUT2D eigenvalue weighted by Gasteiger charge is -2.23. The zero-order chi connectivity index (χ0) is 19.6. The second-order valence-corrected chi connectivity index (χ2v) is 6.37. The summed E-state index contributed by atoms with van der Waals surface area (Å²) < 4.78 is 47.3. The van der Waals surface area contributed by atoms with Gasteiger partial charge in [-0.25, -0.2) is 0 Å². The van der Waals surface area contributed by atoms with Crippen LogP contribution in [0.15, 0.2) is 23.1 Å². The van der Waals surface area contributed by atoms with Gasteiger partial charge in [0.2, 0.25) is 5.56 Å². The van der Waals surface area contributed by atoms with E-state index in [1.54, 1.807) is 0 Å². The van der Waals surface area contributed by atoms with Gasteiger partial charge in [-0.15, -0.1) is 0 Å². The zero-order valence-corrected chi connectivity index (χ0v) is 14.6. The second kappa shape index (κ2) is 7.55. The minimum atomic E-state index is -4.74. The van der Waals surface area contributed by atoms with Gasteiger partial charge in [0.25, 0.3) is 5.91 Å². The Bertz CT molecular complexity index is 882. The van der Waals surface area contributed by atoms with Crippen molar-refractivity contribution in [3.05, 3.63) is 45.6 Å². The van der Waals surface area contributed by atoms with Crippen LogP contribution >= 0.6 is 0 Å². The number of nitrogens with one attached hydrogen (secondary N) is 2. The molecule has 27 heavy (non-hydrogen) atoms. The number of carbonyl (C=O) groups excluding carboxylic acids is 1. The number of ether oxygens (including phenoxy) is 1. The molecular weight excluding hydrogens is 365 g/mol. The Morgan fingerprint density at radius 2 is 2.22 bits per heavy atom. The fourth-order valence-electron chi connectivity index (χ4n) is 3.14. The molecule has 2 aromatic heterocycles. The van der Waals surface area contributed by atoms with Gasteiger partial charge < -0.3 is 15.0 Å². The summed E-state index contributed by atoms with van der Waals surface area (Å²) in [5, 5.41) is 6.28. The van der Waals surface area contributed by atoms with E-state index in [0.717, 1.165) is 23.6 Å². The summed E-state index contributed by atoms with van der Waals surface area (Å²) in [6.45, 7) is 1.80. The predicted molar refractivity (Wildman–Crippen MR) is 90.6 cm³/mol. The molecule has 1 fully saturated rings. The van der Waals surface area contributed by atoms with Crippen LogP contribution in [-0.4, -0.2) is 33.4 Å². The standard InChI is InChI=1S/C17H19F3N4O3/c1-10-14(17(18,19)20)15(16(26)22-11-5-6-21-13(25)8-11)24(23-10)9-12-4-2-3-7-27-12/h5-6,8,12H,2-4,7,9H2,1H3,(H2,21,22,25,26). The molecule has 0 spiro atoms. The molecule has 1 amide bonds. The Balaban J connectivity index is 1.96. The van der Waals surface area contributed by atoms with Crippen LogP contribution in [0.25, 0.3) is 0 Å². The van der Waals surface area contributed by atoms with E-state index in [-0.39, 0.29) is 24.0 Å². The van der Waals surface area contributed by atoms with E-state index in [2.05, 4.69) is 15.4 Å². The van der Waals surface area contributed by atoms with Gasteiger partial charge in [-0.1, -0.05) is 0 Å². The van der Waals surface area contributed by atoms with E-state index in [1.165, 1.54) is 19.2 Å². The first-order valence-corrected chi connectivity index (χ1v) is 8.52. The number of halogens is 3. The van der Waals surface area contributed by atoms with Crippen molar-refractivity contribution in [3.63, 3.8) is 0 Å². The average Bonchev–Trinajstić information content (AvgIpc) is 2.92. The Kier molecular flexibility index (Phi) is 5.36. The molecule has 0 aliphatic carbocycles. The highest BCUT2D eigenvalue weighted by Crippen LogP contribution is 2.35. The zero-order valence-electron chi connectivity index (χ0n) is 14.6. The van der Waals surface area contributed by atoms with Crippen LogP contribution < -0.4 is 10.9 Å². The second-order valence-electron chi connectivity index (χ2n) is 6.37. The highest BCUT2D eigenvalue weighted by atomic mass is 19.4. The molecular formula is C17H19F3N4O3. The van der Waals surface area contributed by atoms with E-state index in [0.29, 0.717) is 13.0 Å². The molecule has 0 aromatic carbocycles. The molecule has 0 saturated carbocycles. The normalized spacial score (nSPS) is 17.7. The van der Waals surface area contributed by atoms with Crippen LogP contribution in [0.4, 0.5) is 18.9 Å². The minimum Gasteiger partial charge on any atom is -0.376 e. The molecule has 146 valence electrons. The van der Waals surface area contributed by atoms with Gasteiger partial charge >= 0.3 is 6.18 Å². The smallest absolute Gasteiger partial charge is 0.376 e. The number of hydrogen-bond acceptors (Lipinski definition) is 4. The number of carbonyl (C=O) groups is 1. The van der Waals surface area contributed by atoms with Gasteiger partial charge in [0.1, 0.15) is 11.3 Å². The number of aromatic nitrogens is 3. The number of nitrogens with zero attached hydrogens (tertiary/aromatic N) is 2. The summed E-state index contributed by atoms with van der Waals surface area (Å²) in [5.74, 6) is -0.982. The fraction of sp³-hybridized carbons (Fsp3) is 0.471. The van der Waals surface area contributed by atoms with Crippen molar-refractivity contribution in [2.45, 2.75) is 45.0 Å². The van der Waals surface area contributed by atoms with Crippen molar-refractivity contribution >= 4 is 11.6 Å². The first-order valence-electron chi connectivity index (χ1n) is 8.52. The van der Waals surface area contributed by atoms with Crippen molar-refractivity contribution in [2.24, 2.45) is 0 Å². The highest BCUT2D eigenvalue weighted by molar-refractivity contribution is 6.04. The van der Waals surface area contributed by atoms with Crippen LogP contribution in [0.3, 0.4) is 0 Å². The lowest BCUT2D eigenvalue weighted by Crippen LogP contribution is -2.29. The Morgan fingerprint density at radius 3 is 2.85 bits per heavy atom. The van der Waals surface area contributed by atoms with Crippen LogP contribution in [0, 0.1) is 6.92 Å². The number of rotatable bonds is 4. The maximum Gasteiger partial charge on any atom is 0.420 e. The van der Waals surface area contributed by atoms with Crippen LogP contribution in [0.1, 0.15) is 41.0 Å². The monoisotopic (exact) mass is 384 g/mol. The molecule has 1 aliphatic rings. The Hall–Kier alpha value is -2.62. The third kappa shape index (κ3) is 4.38. The summed E-state index contributed by atoms with van der Waals surface area (Å²) in [4.78, 5) is 26.4. The number of hydrogen-bond donors (Lipinski definition) is 2. The number of amides is 1. The van der Waals surface area contributed by atoms with Gasteiger partial charge in [0.05, 0.1) is 18.3 Å². The maximum atomic E-state index is 13.5. The van der Waals surface area contributed by atoms with Crippen molar-refractivity contribution in [1.29, 1.82) is 0 Å². The lowest BCUT2D eigenvalue weighted by molar-refractivity contribution is -0.138. The Morgan fingerprint density at radius 1 is 1.44 bits per heavy atom. The largest absolute Gasteiger partial charge is 0.420 e. The predicted octanol–water partition coefficient (Wildman–Crippen LogP) is 2.72. The third-order valence-electron chi connectivity index (χ3n) is 4.31. The molecule has 0 radical (unpaired) electrons. The van der Waals surface area contributed by atoms with Gasteiger partial charge in [0, 0.05) is 24.6 Å². The van der Waals surface area contributed by atoms with Gasteiger partial charge in [-0.05, 0) is 32.3 Å². The highest BCUT2D eigenvalue weighted by Gasteiger charge is 2.41. The molecule has 1 aliphatic heterocycles. The van der Waals surface area contributed by atoms with Gasteiger partial charge in [0.15, 0.2) is 0 Å². The van der Waals surface area contributed by atoms with Crippen molar-refractivity contribution < 1.29 is 22.7 Å². The summed E-state index contributed by atoms with van der Waals surface area (Å²) >= 11 is 0. The molecule has 2 aromatic rings. The van der Waals surface area contributed by atoms with E-state index in [4.69, 9.17) is 4.74 Å². The fourth-order valence-corrected chi connectivity index (χ4v) is 3.14. The van der Waals surface area contributed by atoms with Crippen molar-refractivity contribution in [1.82, 2.24) is 14.8 Å². The SMILES string of the molecule is Cc1nn(CC2CCCCO2)c(C(=O)Nc2cc[nH]c(=O)c2)c1C(F)(F)F. The molecule has 0 bridgehead atoms. The number of alkyl halides is 3. The molecule has 1 unspecified atom stereocenters. The van der Waals surface area contributed by atoms with Crippen LogP contribution in [0.5, 0.6) is 0 Å².